The zero-order valence-corrected chi connectivity index (χ0v) is 16.4. The molecule has 6 nitrogen and oxygen atoms in total. The smallest absolute Gasteiger partial charge is 0.240 e. The van der Waals surface area contributed by atoms with Crippen molar-refractivity contribution in [2.45, 2.75) is 36.0 Å². The van der Waals surface area contributed by atoms with Crippen molar-refractivity contribution in [2.75, 3.05) is 25.9 Å². The van der Waals surface area contributed by atoms with E-state index in [0.29, 0.717) is 18.0 Å². The number of aryl methyl sites for hydroxylation is 1. The average Bonchev–Trinajstić information content (AvgIpc) is 2.47. The summed E-state index contributed by atoms with van der Waals surface area (Å²) in [6, 6.07) is 4.18. The van der Waals surface area contributed by atoms with Gasteiger partial charge in [-0.25, -0.2) is 21.6 Å². The van der Waals surface area contributed by atoms with Gasteiger partial charge in [0.15, 0.2) is 9.84 Å². The molecular weight excluding hydrogens is 372 g/mol. The Balaban J connectivity index is 0.00000288. The number of benzene rings is 1. The van der Waals surface area contributed by atoms with E-state index in [4.69, 9.17) is 0 Å². The molecular formula is C15H25ClN2O4S2. The maximum Gasteiger partial charge on any atom is 0.240 e. The van der Waals surface area contributed by atoms with E-state index in [9.17, 15) is 16.8 Å². The topological polar surface area (TPSA) is 92.3 Å². The fraction of sp³-hybridized carbons (Fsp3) is 0.600. The fourth-order valence-electron chi connectivity index (χ4n) is 2.75. The summed E-state index contributed by atoms with van der Waals surface area (Å²) in [5.41, 5.74) is 0.532. The molecule has 1 aliphatic rings. The molecule has 1 aromatic carbocycles. The van der Waals surface area contributed by atoms with Crippen molar-refractivity contribution in [2.24, 2.45) is 5.92 Å². The molecule has 0 aromatic heterocycles. The Morgan fingerprint density at radius 3 is 2.54 bits per heavy atom. The monoisotopic (exact) mass is 396 g/mol. The number of nitrogens with one attached hydrogen (secondary N) is 2. The van der Waals surface area contributed by atoms with Gasteiger partial charge in [-0.05, 0) is 62.9 Å². The van der Waals surface area contributed by atoms with Crippen LogP contribution in [0.25, 0.3) is 0 Å². The highest BCUT2D eigenvalue weighted by Gasteiger charge is 2.20. The summed E-state index contributed by atoms with van der Waals surface area (Å²) < 4.78 is 50.7. The van der Waals surface area contributed by atoms with Crippen molar-refractivity contribution < 1.29 is 16.8 Å². The molecule has 0 spiro atoms. The van der Waals surface area contributed by atoms with Crippen LogP contribution in [0.2, 0.25) is 0 Å². The third-order valence-corrected chi connectivity index (χ3v) is 6.83. The predicted octanol–water partition coefficient (Wildman–Crippen LogP) is 1.49. The first-order chi connectivity index (χ1) is 10.7. The van der Waals surface area contributed by atoms with E-state index in [-0.39, 0.29) is 22.2 Å². The molecule has 1 unspecified atom stereocenters. The first kappa shape index (κ1) is 21.4. The van der Waals surface area contributed by atoms with Gasteiger partial charge in [0.2, 0.25) is 10.0 Å². The van der Waals surface area contributed by atoms with Gasteiger partial charge in [-0.15, -0.1) is 12.4 Å². The summed E-state index contributed by atoms with van der Waals surface area (Å²) in [6.45, 7) is 3.97. The number of sulfonamides is 1. The number of hydrogen-bond acceptors (Lipinski definition) is 5. The molecule has 1 fully saturated rings. The number of piperidine rings is 1. The van der Waals surface area contributed by atoms with Gasteiger partial charge in [0.25, 0.3) is 0 Å². The van der Waals surface area contributed by atoms with Crippen molar-refractivity contribution in [1.82, 2.24) is 10.0 Å². The van der Waals surface area contributed by atoms with Gasteiger partial charge in [0.05, 0.1) is 9.79 Å². The minimum absolute atomic E-state index is 0. The molecule has 1 atom stereocenters. The van der Waals surface area contributed by atoms with Crippen LogP contribution in [0.15, 0.2) is 28.0 Å². The molecule has 2 rings (SSSR count). The van der Waals surface area contributed by atoms with E-state index in [0.717, 1.165) is 38.6 Å². The second-order valence-corrected chi connectivity index (χ2v) is 9.85. The molecule has 0 aliphatic carbocycles. The van der Waals surface area contributed by atoms with Crippen LogP contribution in [0, 0.1) is 12.8 Å². The number of halogens is 1. The molecule has 0 amide bonds. The van der Waals surface area contributed by atoms with E-state index in [2.05, 4.69) is 10.0 Å². The van der Waals surface area contributed by atoms with Crippen LogP contribution >= 0.6 is 12.4 Å². The van der Waals surface area contributed by atoms with Gasteiger partial charge in [-0.1, -0.05) is 6.07 Å². The zero-order chi connectivity index (χ0) is 17.1. The molecule has 1 heterocycles. The van der Waals surface area contributed by atoms with Crippen molar-refractivity contribution >= 4 is 32.3 Å². The van der Waals surface area contributed by atoms with Crippen LogP contribution in [0.5, 0.6) is 0 Å². The molecule has 24 heavy (non-hydrogen) atoms. The normalized spacial score (nSPS) is 18.8. The Kier molecular flexibility index (Phi) is 7.68. The van der Waals surface area contributed by atoms with E-state index < -0.39 is 19.9 Å². The largest absolute Gasteiger partial charge is 0.316 e. The number of sulfone groups is 1. The molecule has 9 heteroatoms. The summed E-state index contributed by atoms with van der Waals surface area (Å²) in [5.74, 6) is 0.481. The summed E-state index contributed by atoms with van der Waals surface area (Å²) in [6.07, 6.45) is 4.07. The van der Waals surface area contributed by atoms with E-state index in [1.165, 1.54) is 18.2 Å². The molecule has 0 radical (unpaired) electrons. The number of rotatable bonds is 6. The molecule has 1 aliphatic heterocycles. The first-order valence-electron chi connectivity index (χ1n) is 7.71. The second-order valence-electron chi connectivity index (χ2n) is 6.10. The van der Waals surface area contributed by atoms with Gasteiger partial charge in [-0.3, -0.25) is 0 Å². The molecule has 1 aromatic rings. The quantitative estimate of drug-likeness (QED) is 0.759. The highest BCUT2D eigenvalue weighted by atomic mass is 35.5. The lowest BCUT2D eigenvalue weighted by Crippen LogP contribution is -2.33. The Morgan fingerprint density at radius 1 is 1.25 bits per heavy atom. The van der Waals surface area contributed by atoms with Gasteiger partial charge < -0.3 is 5.32 Å². The van der Waals surface area contributed by atoms with Crippen molar-refractivity contribution in [3.05, 3.63) is 23.8 Å². The fourth-order valence-corrected chi connectivity index (χ4v) is 4.78. The van der Waals surface area contributed by atoms with E-state index in [1.54, 1.807) is 6.92 Å². The molecule has 138 valence electrons. The lowest BCUT2D eigenvalue weighted by Gasteiger charge is -2.22. The SMILES string of the molecule is Cc1ccc(S(C)(=O)=O)cc1S(=O)(=O)NCCC1CCCNC1.Cl. The van der Waals surface area contributed by atoms with Crippen LogP contribution in [0.1, 0.15) is 24.8 Å². The maximum absolute atomic E-state index is 12.5. The molecule has 0 saturated carbocycles. The van der Waals surface area contributed by atoms with Crippen LogP contribution < -0.4 is 10.0 Å². The first-order valence-corrected chi connectivity index (χ1v) is 11.1. The number of hydrogen-bond donors (Lipinski definition) is 2. The Bertz CT molecular complexity index is 758. The molecule has 0 bridgehead atoms. The third-order valence-electron chi connectivity index (χ3n) is 4.12. The highest BCUT2D eigenvalue weighted by Crippen LogP contribution is 2.20. The van der Waals surface area contributed by atoms with Crippen LogP contribution in [-0.2, 0) is 19.9 Å². The van der Waals surface area contributed by atoms with Gasteiger partial charge >= 0.3 is 0 Å². The van der Waals surface area contributed by atoms with Crippen molar-refractivity contribution in [3.8, 4) is 0 Å². The van der Waals surface area contributed by atoms with Gasteiger partial charge in [0, 0.05) is 12.8 Å². The van der Waals surface area contributed by atoms with Gasteiger partial charge in [-0.2, -0.15) is 0 Å². The van der Waals surface area contributed by atoms with Gasteiger partial charge in [0.1, 0.15) is 0 Å². The van der Waals surface area contributed by atoms with Crippen LogP contribution in [0.3, 0.4) is 0 Å². The lowest BCUT2D eigenvalue weighted by molar-refractivity contribution is 0.358. The maximum atomic E-state index is 12.5. The molecule has 1 saturated heterocycles. The summed E-state index contributed by atoms with van der Waals surface area (Å²) in [5, 5.41) is 3.30. The van der Waals surface area contributed by atoms with Crippen molar-refractivity contribution in [3.63, 3.8) is 0 Å². The standard InChI is InChI=1S/C15H24N2O4S2.ClH/c1-12-5-6-14(22(2,18)19)10-15(12)23(20,21)17-9-7-13-4-3-8-16-11-13;/h5-6,10,13,16-17H,3-4,7-9,11H2,1-2H3;1H. The zero-order valence-electron chi connectivity index (χ0n) is 13.9. The average molecular weight is 397 g/mol. The molecule has 2 N–H and O–H groups in total. The van der Waals surface area contributed by atoms with Crippen LogP contribution in [-0.4, -0.2) is 42.7 Å². The Labute approximate surface area is 150 Å². The second kappa shape index (κ2) is 8.62. The summed E-state index contributed by atoms with van der Waals surface area (Å²) in [7, 11) is -7.15. The van der Waals surface area contributed by atoms with E-state index in [1.807, 2.05) is 0 Å². The summed E-state index contributed by atoms with van der Waals surface area (Å²) in [4.78, 5) is 0.0437. The lowest BCUT2D eigenvalue weighted by atomic mass is 9.96. The third kappa shape index (κ3) is 5.70. The minimum Gasteiger partial charge on any atom is -0.316 e. The highest BCUT2D eigenvalue weighted by molar-refractivity contribution is 7.91. The predicted molar refractivity (Wildman–Crippen MR) is 96.9 cm³/mol. The van der Waals surface area contributed by atoms with Crippen LogP contribution in [0.4, 0.5) is 0 Å². The van der Waals surface area contributed by atoms with Crippen molar-refractivity contribution in [1.29, 1.82) is 0 Å². The Hall–Kier alpha value is -0.670. The van der Waals surface area contributed by atoms with E-state index >= 15 is 0 Å². The minimum atomic E-state index is -3.71. The summed E-state index contributed by atoms with van der Waals surface area (Å²) >= 11 is 0. The Morgan fingerprint density at radius 2 is 1.96 bits per heavy atom.